The third-order valence-corrected chi connectivity index (χ3v) is 2.13. The predicted octanol–water partition coefficient (Wildman–Crippen LogP) is 1.35. The van der Waals surface area contributed by atoms with E-state index in [4.69, 9.17) is 5.11 Å². The fourth-order valence-corrected chi connectivity index (χ4v) is 1.19. The zero-order valence-corrected chi connectivity index (χ0v) is 8.84. The summed E-state index contributed by atoms with van der Waals surface area (Å²) in [5.41, 5.74) is 1.07. The van der Waals surface area contributed by atoms with Crippen LogP contribution in [0.15, 0.2) is 24.3 Å². The Bertz CT molecular complexity index is 380. The number of nitrogens with one attached hydrogen (secondary N) is 1. The average molecular weight is 229 g/mol. The van der Waals surface area contributed by atoms with Crippen molar-refractivity contribution < 1.29 is 18.7 Å². The first-order valence-corrected chi connectivity index (χ1v) is 4.79. The minimum atomic E-state index is -3.28. The number of amides is 1. The van der Waals surface area contributed by atoms with Crippen LogP contribution in [0.3, 0.4) is 0 Å². The van der Waals surface area contributed by atoms with Crippen LogP contribution in [-0.4, -0.2) is 30.1 Å². The van der Waals surface area contributed by atoms with Crippen LogP contribution in [0.2, 0.25) is 0 Å². The highest BCUT2D eigenvalue weighted by Gasteiger charge is 2.28. The van der Waals surface area contributed by atoms with Crippen LogP contribution in [0.25, 0.3) is 0 Å². The van der Waals surface area contributed by atoms with Gasteiger partial charge in [0.05, 0.1) is 6.54 Å². The number of carbonyl (C=O) groups is 1. The smallest absolute Gasteiger partial charge is 0.287 e. The molecule has 0 saturated heterocycles. The van der Waals surface area contributed by atoms with E-state index in [1.54, 1.807) is 31.2 Å². The molecule has 16 heavy (non-hydrogen) atoms. The van der Waals surface area contributed by atoms with Gasteiger partial charge in [-0.15, -0.1) is 0 Å². The summed E-state index contributed by atoms with van der Waals surface area (Å²) >= 11 is 0. The first kappa shape index (κ1) is 12.6. The lowest BCUT2D eigenvalue weighted by Gasteiger charge is -2.14. The van der Waals surface area contributed by atoms with Crippen LogP contribution in [0.1, 0.15) is 15.9 Å². The summed E-state index contributed by atoms with van der Waals surface area (Å²) in [6.07, 6.45) is 0. The van der Waals surface area contributed by atoms with E-state index >= 15 is 0 Å². The van der Waals surface area contributed by atoms with Crippen molar-refractivity contribution in [2.75, 3.05) is 13.2 Å². The first-order valence-electron chi connectivity index (χ1n) is 4.79. The maximum absolute atomic E-state index is 12.7. The molecule has 0 bridgehead atoms. The van der Waals surface area contributed by atoms with Gasteiger partial charge in [0, 0.05) is 5.56 Å². The molecule has 0 atom stereocenters. The lowest BCUT2D eigenvalue weighted by molar-refractivity contribution is -0.0462. The summed E-state index contributed by atoms with van der Waals surface area (Å²) in [7, 11) is 0. The Balaban J connectivity index is 2.64. The zero-order chi connectivity index (χ0) is 12.2. The van der Waals surface area contributed by atoms with Gasteiger partial charge in [-0.25, -0.2) is 8.78 Å². The fourth-order valence-electron chi connectivity index (χ4n) is 1.19. The van der Waals surface area contributed by atoms with E-state index in [-0.39, 0.29) is 0 Å². The molecule has 0 spiro atoms. The van der Waals surface area contributed by atoms with Crippen molar-refractivity contribution in [3.05, 3.63) is 35.4 Å². The molecule has 5 heteroatoms. The molecule has 1 aromatic rings. The van der Waals surface area contributed by atoms with Crippen molar-refractivity contribution in [3.63, 3.8) is 0 Å². The van der Waals surface area contributed by atoms with Gasteiger partial charge in [-0.05, 0) is 18.6 Å². The number of hydrogen-bond donors (Lipinski definition) is 2. The topological polar surface area (TPSA) is 49.3 Å². The van der Waals surface area contributed by atoms with Crippen LogP contribution in [0.4, 0.5) is 8.78 Å². The minimum Gasteiger partial charge on any atom is -0.390 e. The summed E-state index contributed by atoms with van der Waals surface area (Å²) in [6.45, 7) is -0.420. The Kier molecular flexibility index (Phi) is 3.95. The fraction of sp³-hybridized carbons (Fsp3) is 0.364. The molecule has 88 valence electrons. The molecule has 0 aliphatic rings. The molecule has 1 amide bonds. The van der Waals surface area contributed by atoms with Crippen LogP contribution in [0.5, 0.6) is 0 Å². The van der Waals surface area contributed by atoms with Gasteiger partial charge in [0.1, 0.15) is 6.61 Å². The molecule has 0 aliphatic heterocycles. The second kappa shape index (κ2) is 5.03. The Morgan fingerprint density at radius 2 is 2.06 bits per heavy atom. The standard InChI is InChI=1S/C11H13F2NO2/c1-8-4-2-3-5-9(8)10(16)14-6-11(12,13)7-15/h2-5,15H,6-7H2,1H3,(H,14,16). The van der Waals surface area contributed by atoms with Gasteiger partial charge >= 0.3 is 0 Å². The maximum Gasteiger partial charge on any atom is 0.287 e. The summed E-state index contributed by atoms with van der Waals surface area (Å²) in [5.74, 6) is -3.84. The third kappa shape index (κ3) is 3.27. The van der Waals surface area contributed by atoms with E-state index in [0.717, 1.165) is 0 Å². The summed E-state index contributed by atoms with van der Waals surface area (Å²) in [5, 5.41) is 10.4. The molecule has 0 heterocycles. The van der Waals surface area contributed by atoms with E-state index in [1.807, 2.05) is 0 Å². The minimum absolute atomic E-state index is 0.358. The molecule has 1 rings (SSSR count). The van der Waals surface area contributed by atoms with Crippen molar-refractivity contribution in [3.8, 4) is 0 Å². The Morgan fingerprint density at radius 1 is 1.44 bits per heavy atom. The summed E-state index contributed by atoms with van der Waals surface area (Å²) < 4.78 is 25.3. The molecule has 3 nitrogen and oxygen atoms in total. The Labute approximate surface area is 92.1 Å². The molecule has 0 fully saturated rings. The van der Waals surface area contributed by atoms with E-state index in [1.165, 1.54) is 0 Å². The highest BCUT2D eigenvalue weighted by Crippen LogP contribution is 2.11. The van der Waals surface area contributed by atoms with Crippen LogP contribution < -0.4 is 5.32 Å². The van der Waals surface area contributed by atoms with Gasteiger partial charge in [-0.3, -0.25) is 4.79 Å². The number of hydrogen-bond acceptors (Lipinski definition) is 2. The first-order chi connectivity index (χ1) is 7.46. The van der Waals surface area contributed by atoms with E-state index in [9.17, 15) is 13.6 Å². The quantitative estimate of drug-likeness (QED) is 0.818. The molecular formula is C11H13F2NO2. The van der Waals surface area contributed by atoms with Gasteiger partial charge in [-0.1, -0.05) is 18.2 Å². The van der Waals surface area contributed by atoms with E-state index in [2.05, 4.69) is 5.32 Å². The van der Waals surface area contributed by atoms with Crippen LogP contribution in [-0.2, 0) is 0 Å². The second-order valence-electron chi connectivity index (χ2n) is 3.51. The van der Waals surface area contributed by atoms with Crippen LogP contribution >= 0.6 is 0 Å². The number of aliphatic hydroxyl groups is 1. The number of alkyl halides is 2. The number of aryl methyl sites for hydroxylation is 1. The number of aliphatic hydroxyl groups excluding tert-OH is 1. The van der Waals surface area contributed by atoms with Crippen molar-refractivity contribution in [1.29, 1.82) is 0 Å². The summed E-state index contributed by atoms with van der Waals surface area (Å²) in [6, 6.07) is 6.70. The largest absolute Gasteiger partial charge is 0.390 e. The van der Waals surface area contributed by atoms with Crippen molar-refractivity contribution in [1.82, 2.24) is 5.32 Å². The Hall–Kier alpha value is -1.49. The van der Waals surface area contributed by atoms with Gasteiger partial charge in [-0.2, -0.15) is 0 Å². The molecule has 2 N–H and O–H groups in total. The molecule has 0 saturated carbocycles. The van der Waals surface area contributed by atoms with Crippen molar-refractivity contribution in [2.45, 2.75) is 12.8 Å². The molecule has 0 unspecified atom stereocenters. The normalized spacial score (nSPS) is 11.2. The predicted molar refractivity (Wildman–Crippen MR) is 55.5 cm³/mol. The molecule has 0 aromatic heterocycles. The maximum atomic E-state index is 12.7. The number of rotatable bonds is 4. The average Bonchev–Trinajstić information content (AvgIpc) is 2.27. The second-order valence-corrected chi connectivity index (χ2v) is 3.51. The highest BCUT2D eigenvalue weighted by molar-refractivity contribution is 5.95. The monoisotopic (exact) mass is 229 g/mol. The van der Waals surface area contributed by atoms with Gasteiger partial charge < -0.3 is 10.4 Å². The number of halogens is 2. The lowest BCUT2D eigenvalue weighted by Crippen LogP contribution is -2.39. The van der Waals surface area contributed by atoms with Gasteiger partial charge in [0.25, 0.3) is 11.8 Å². The molecular weight excluding hydrogens is 216 g/mol. The Morgan fingerprint density at radius 3 is 2.62 bits per heavy atom. The SMILES string of the molecule is Cc1ccccc1C(=O)NCC(F)(F)CO. The highest BCUT2D eigenvalue weighted by atomic mass is 19.3. The third-order valence-electron chi connectivity index (χ3n) is 2.13. The van der Waals surface area contributed by atoms with Crippen LogP contribution in [0, 0.1) is 6.92 Å². The van der Waals surface area contributed by atoms with Gasteiger partial charge in [0.2, 0.25) is 0 Å². The number of carbonyl (C=O) groups excluding carboxylic acids is 1. The number of benzene rings is 1. The molecule has 1 aromatic carbocycles. The molecule has 0 radical (unpaired) electrons. The molecule has 0 aliphatic carbocycles. The lowest BCUT2D eigenvalue weighted by atomic mass is 10.1. The van der Waals surface area contributed by atoms with Crippen molar-refractivity contribution in [2.24, 2.45) is 0 Å². The summed E-state index contributed by atoms with van der Waals surface area (Å²) in [4.78, 5) is 11.5. The van der Waals surface area contributed by atoms with E-state index < -0.39 is 25.0 Å². The van der Waals surface area contributed by atoms with E-state index in [0.29, 0.717) is 11.1 Å². The zero-order valence-electron chi connectivity index (χ0n) is 8.84. The van der Waals surface area contributed by atoms with Gasteiger partial charge in [0.15, 0.2) is 0 Å². The van der Waals surface area contributed by atoms with Crippen molar-refractivity contribution >= 4 is 5.91 Å².